The molecule has 0 aliphatic carbocycles. The van der Waals surface area contributed by atoms with Crippen LogP contribution in [-0.4, -0.2) is 127 Å². The van der Waals surface area contributed by atoms with Gasteiger partial charge < -0.3 is 42.3 Å². The molecule has 268 valence electrons. The van der Waals surface area contributed by atoms with Crippen molar-refractivity contribution in [2.45, 2.75) is 96.3 Å². The van der Waals surface area contributed by atoms with E-state index in [1.807, 2.05) is 0 Å². The maximum absolute atomic E-state index is 13.7. The number of carboxylic acids is 1. The van der Waals surface area contributed by atoms with Gasteiger partial charge in [-0.1, -0.05) is 0 Å². The number of carbonyl (C=O) groups excluding carboxylic acids is 6. The summed E-state index contributed by atoms with van der Waals surface area (Å²) in [7, 11) is 1.74. The third-order valence-corrected chi connectivity index (χ3v) is 8.08. The summed E-state index contributed by atoms with van der Waals surface area (Å²) in [5, 5.41) is 26.4. The van der Waals surface area contributed by atoms with Gasteiger partial charge in [0.05, 0.1) is 29.1 Å². The van der Waals surface area contributed by atoms with Crippen LogP contribution in [0.25, 0.3) is 0 Å². The van der Waals surface area contributed by atoms with Gasteiger partial charge in [-0.05, 0) is 54.0 Å². The molecule has 4 amide bonds. The normalized spacial score (nSPS) is 16.2. The molecule has 1 saturated heterocycles. The van der Waals surface area contributed by atoms with Crippen LogP contribution in [0.15, 0.2) is 0 Å². The quantitative estimate of drug-likeness (QED) is 0.0553. The monoisotopic (exact) mass is 668 g/mol. The number of nitrogens with zero attached hydrogens (tertiary/aromatic N) is 1. The van der Waals surface area contributed by atoms with Crippen molar-refractivity contribution in [3.05, 3.63) is 0 Å². The Morgan fingerprint density at radius 1 is 0.872 bits per heavy atom. The molecule has 1 rings (SSSR count). The number of nitrogens with one attached hydrogen (secondary N) is 6. The number of likely N-dealkylation sites (tertiary alicyclic amines) is 1. The molecule has 16 nitrogen and oxygen atoms in total. The van der Waals surface area contributed by atoms with E-state index in [-0.39, 0.29) is 75.2 Å². The first-order valence-corrected chi connectivity index (χ1v) is 16.2. The van der Waals surface area contributed by atoms with Gasteiger partial charge in [0.1, 0.15) is 0 Å². The summed E-state index contributed by atoms with van der Waals surface area (Å²) >= 11 is 0. The van der Waals surface area contributed by atoms with Crippen LogP contribution in [0.4, 0.5) is 0 Å². The Labute approximate surface area is 277 Å². The molecule has 0 aromatic rings. The second-order valence-electron chi connectivity index (χ2n) is 12.9. The number of rotatable bonds is 23. The van der Waals surface area contributed by atoms with E-state index in [4.69, 9.17) is 5.73 Å². The average molecular weight is 669 g/mol. The molecule has 16 heteroatoms. The smallest absolute Gasteiger partial charge is 0.303 e. The molecule has 1 heterocycles. The number of amides is 4. The zero-order valence-corrected chi connectivity index (χ0v) is 28.8. The van der Waals surface area contributed by atoms with Crippen LogP contribution in [0.5, 0.6) is 0 Å². The van der Waals surface area contributed by atoms with Gasteiger partial charge in [0.2, 0.25) is 23.6 Å². The Morgan fingerprint density at radius 3 is 2.00 bits per heavy atom. The minimum absolute atomic E-state index is 0.0655. The van der Waals surface area contributed by atoms with Crippen LogP contribution in [0.2, 0.25) is 0 Å². The minimum atomic E-state index is -1.23. The first kappa shape index (κ1) is 41.6. The molecule has 0 radical (unpaired) electrons. The molecule has 0 spiro atoms. The summed E-state index contributed by atoms with van der Waals surface area (Å²) in [6.45, 7) is 9.97. The highest BCUT2D eigenvalue weighted by molar-refractivity contribution is 5.97. The first-order valence-electron chi connectivity index (χ1n) is 16.2. The number of nitrogens with two attached hydrogens (primary N) is 1. The van der Waals surface area contributed by atoms with Crippen LogP contribution in [0.1, 0.15) is 73.1 Å². The van der Waals surface area contributed by atoms with Crippen molar-refractivity contribution < 1.29 is 38.7 Å². The predicted molar refractivity (Wildman–Crippen MR) is 175 cm³/mol. The summed E-state index contributed by atoms with van der Waals surface area (Å²) in [6, 6.07) is -1.62. The van der Waals surface area contributed by atoms with Crippen molar-refractivity contribution >= 4 is 41.2 Å². The summed E-state index contributed by atoms with van der Waals surface area (Å²) < 4.78 is 0. The Balaban J connectivity index is 2.84. The lowest BCUT2D eigenvalue weighted by Crippen LogP contribution is -2.63. The number of ketones is 2. The number of likely N-dealkylation sites (N-methyl/N-ethyl adjacent to an activating group) is 1. The van der Waals surface area contributed by atoms with Gasteiger partial charge in [-0.15, -0.1) is 0 Å². The molecule has 0 bridgehead atoms. The fraction of sp³-hybridized carbons (Fsp3) is 0.774. The van der Waals surface area contributed by atoms with Crippen LogP contribution >= 0.6 is 0 Å². The van der Waals surface area contributed by atoms with Gasteiger partial charge in [0, 0.05) is 72.0 Å². The Kier molecular flexibility index (Phi) is 17.7. The molecule has 1 aliphatic heterocycles. The van der Waals surface area contributed by atoms with Gasteiger partial charge in [0.15, 0.2) is 11.6 Å². The Morgan fingerprint density at radius 2 is 1.47 bits per heavy atom. The van der Waals surface area contributed by atoms with E-state index in [0.29, 0.717) is 32.5 Å². The number of hydrogen-bond donors (Lipinski definition) is 8. The molecule has 3 unspecified atom stereocenters. The molecule has 0 aromatic heterocycles. The van der Waals surface area contributed by atoms with Gasteiger partial charge in [-0.3, -0.25) is 38.9 Å². The van der Waals surface area contributed by atoms with Crippen LogP contribution in [0.3, 0.4) is 0 Å². The average Bonchev–Trinajstić information content (AvgIpc) is 3.49. The standard InChI is InChI=1S/C31H56N8O8/c1-20(40)39-17-7-8-23(39)28(46)31(4,5)38-22(9-10-26(43)44)27(45)30(2,3)37-16-15-35-25(42)19-21(29(47)36-12-11-32)18-24(41)34-14-13-33-6/h21-23,33,37-38H,7-19,32H2,1-6H3,(H,34,41)(H,35,42)(H,36,47)(H,43,44). The zero-order valence-electron chi connectivity index (χ0n) is 28.8. The van der Waals surface area contributed by atoms with Gasteiger partial charge in [-0.25, -0.2) is 0 Å². The highest BCUT2D eigenvalue weighted by Crippen LogP contribution is 2.24. The second-order valence-corrected chi connectivity index (χ2v) is 12.9. The van der Waals surface area contributed by atoms with E-state index in [0.717, 1.165) is 0 Å². The highest BCUT2D eigenvalue weighted by atomic mass is 16.4. The molecule has 0 saturated carbocycles. The van der Waals surface area contributed by atoms with E-state index >= 15 is 0 Å². The molecule has 0 aromatic carbocycles. The number of aliphatic carboxylic acids is 1. The first-order chi connectivity index (χ1) is 22.0. The van der Waals surface area contributed by atoms with Crippen LogP contribution < -0.4 is 37.6 Å². The van der Waals surface area contributed by atoms with E-state index in [1.54, 1.807) is 34.7 Å². The van der Waals surface area contributed by atoms with Crippen LogP contribution in [-0.2, 0) is 33.6 Å². The molecule has 1 fully saturated rings. The summed E-state index contributed by atoms with van der Waals surface area (Å²) in [5.41, 5.74) is 3.04. The molecule has 9 N–H and O–H groups in total. The molecule has 3 atom stereocenters. The van der Waals surface area contributed by atoms with Crippen molar-refractivity contribution in [2.24, 2.45) is 11.7 Å². The van der Waals surface area contributed by atoms with Crippen molar-refractivity contribution in [3.63, 3.8) is 0 Å². The van der Waals surface area contributed by atoms with Gasteiger partial charge >= 0.3 is 5.97 Å². The maximum atomic E-state index is 13.7. The zero-order chi connectivity index (χ0) is 35.8. The van der Waals surface area contributed by atoms with Crippen LogP contribution in [0, 0.1) is 5.92 Å². The van der Waals surface area contributed by atoms with Crippen molar-refractivity contribution in [3.8, 4) is 0 Å². The lowest BCUT2D eigenvalue weighted by atomic mass is 9.86. The Hall–Kier alpha value is -3.47. The third kappa shape index (κ3) is 14.5. The largest absolute Gasteiger partial charge is 0.481 e. The number of hydrogen-bond acceptors (Lipinski definition) is 11. The van der Waals surface area contributed by atoms with Gasteiger partial charge in [-0.2, -0.15) is 0 Å². The molecule has 47 heavy (non-hydrogen) atoms. The van der Waals surface area contributed by atoms with E-state index < -0.39 is 46.9 Å². The summed E-state index contributed by atoms with van der Waals surface area (Å²) in [4.78, 5) is 89.8. The summed E-state index contributed by atoms with van der Waals surface area (Å²) in [5.74, 6) is -4.10. The van der Waals surface area contributed by atoms with Crippen molar-refractivity contribution in [1.29, 1.82) is 0 Å². The predicted octanol–water partition coefficient (Wildman–Crippen LogP) is -1.97. The fourth-order valence-electron chi connectivity index (χ4n) is 5.49. The van der Waals surface area contributed by atoms with E-state index in [2.05, 4.69) is 31.9 Å². The highest BCUT2D eigenvalue weighted by Gasteiger charge is 2.43. The molecular formula is C31H56N8O8. The third-order valence-electron chi connectivity index (χ3n) is 8.08. The minimum Gasteiger partial charge on any atom is -0.481 e. The number of Topliss-reactive ketones (excluding diaryl/α,β-unsaturated/α-hetero) is 2. The lowest BCUT2D eigenvalue weighted by Gasteiger charge is -2.37. The number of carboxylic acid groups (broad SMARTS) is 1. The Bertz CT molecular complexity index is 1110. The van der Waals surface area contributed by atoms with Gasteiger partial charge in [0.25, 0.3) is 0 Å². The number of carbonyl (C=O) groups is 7. The lowest BCUT2D eigenvalue weighted by molar-refractivity contribution is -0.139. The SMILES string of the molecule is CNCCNC(=O)CC(CC(=O)NCCNC(C)(C)C(=O)C(CCC(=O)O)NC(C)(C)C(=O)C1CCCN1C(C)=O)C(=O)NCCN. The van der Waals surface area contributed by atoms with E-state index in [9.17, 15) is 38.7 Å². The maximum Gasteiger partial charge on any atom is 0.303 e. The fourth-order valence-corrected chi connectivity index (χ4v) is 5.49. The van der Waals surface area contributed by atoms with E-state index in [1.165, 1.54) is 11.8 Å². The second kappa shape index (κ2) is 20.0. The van der Waals surface area contributed by atoms with Crippen molar-refractivity contribution in [1.82, 2.24) is 36.8 Å². The molecule has 1 aliphatic rings. The summed E-state index contributed by atoms with van der Waals surface area (Å²) in [6.07, 6.45) is 0.420. The topological polar surface area (TPSA) is 241 Å². The van der Waals surface area contributed by atoms with Crippen molar-refractivity contribution in [2.75, 3.05) is 52.9 Å². The molecular weight excluding hydrogens is 612 g/mol.